The summed E-state index contributed by atoms with van der Waals surface area (Å²) in [5.41, 5.74) is 1.95. The van der Waals surface area contributed by atoms with E-state index in [0.717, 1.165) is 18.0 Å². The Morgan fingerprint density at radius 3 is 2.43 bits per heavy atom. The topological polar surface area (TPSA) is 93.9 Å². The maximum Gasteiger partial charge on any atom is 0.237 e. The van der Waals surface area contributed by atoms with Crippen LogP contribution < -0.4 is 5.32 Å². The van der Waals surface area contributed by atoms with Crippen LogP contribution in [0.25, 0.3) is 0 Å². The summed E-state index contributed by atoms with van der Waals surface area (Å²) in [7, 11) is 0. The molecule has 7 nitrogen and oxygen atoms in total. The Kier molecular flexibility index (Phi) is 4.51. The number of carbonyl (C=O) groups excluding carboxylic acids is 3. The standard InChI is InChI=1S/C22H18N4O3S/c1-12(30-22-25-23-11-26(22)14-7-8-14)21(29)24-13-6-9-17-18(10-13)20(28)16-5-3-2-4-15(16)19(17)27/h2-6,9-12,14H,7-8H2,1H3,(H,24,29)/t12-/m0/s1. The Morgan fingerprint density at radius 2 is 1.73 bits per heavy atom. The first-order valence-electron chi connectivity index (χ1n) is 9.72. The molecule has 0 unspecified atom stereocenters. The lowest BCUT2D eigenvalue weighted by Gasteiger charge is -2.18. The summed E-state index contributed by atoms with van der Waals surface area (Å²) in [5, 5.41) is 11.2. The van der Waals surface area contributed by atoms with Crippen molar-refractivity contribution in [3.05, 3.63) is 71.0 Å². The van der Waals surface area contributed by atoms with Crippen molar-refractivity contribution in [1.29, 1.82) is 0 Å². The van der Waals surface area contributed by atoms with E-state index in [0.29, 0.717) is 34.0 Å². The van der Waals surface area contributed by atoms with E-state index in [-0.39, 0.29) is 17.5 Å². The number of rotatable bonds is 5. The smallest absolute Gasteiger partial charge is 0.237 e. The summed E-state index contributed by atoms with van der Waals surface area (Å²) in [4.78, 5) is 38.3. The number of thioether (sulfide) groups is 1. The Balaban J connectivity index is 1.34. The zero-order valence-electron chi connectivity index (χ0n) is 16.2. The zero-order valence-corrected chi connectivity index (χ0v) is 17.0. The molecule has 150 valence electrons. The van der Waals surface area contributed by atoms with Crippen LogP contribution >= 0.6 is 11.8 Å². The maximum absolute atomic E-state index is 12.9. The number of amides is 1. The highest BCUT2D eigenvalue weighted by Crippen LogP contribution is 2.38. The van der Waals surface area contributed by atoms with Gasteiger partial charge in [-0.1, -0.05) is 36.0 Å². The first-order chi connectivity index (χ1) is 14.5. The maximum atomic E-state index is 12.9. The van der Waals surface area contributed by atoms with E-state index in [9.17, 15) is 14.4 Å². The number of nitrogens with one attached hydrogen (secondary N) is 1. The molecule has 2 aliphatic rings. The second-order valence-corrected chi connectivity index (χ2v) is 8.77. The van der Waals surface area contributed by atoms with Gasteiger partial charge in [-0.15, -0.1) is 10.2 Å². The van der Waals surface area contributed by atoms with Crippen LogP contribution in [-0.2, 0) is 4.79 Å². The Bertz CT molecular complexity index is 1200. The molecule has 2 aromatic carbocycles. The van der Waals surface area contributed by atoms with Gasteiger partial charge in [-0.3, -0.25) is 14.4 Å². The highest BCUT2D eigenvalue weighted by atomic mass is 32.2. The van der Waals surface area contributed by atoms with Crippen LogP contribution in [0.3, 0.4) is 0 Å². The van der Waals surface area contributed by atoms with Crippen LogP contribution in [0.4, 0.5) is 5.69 Å². The van der Waals surface area contributed by atoms with Gasteiger partial charge in [0.05, 0.1) is 5.25 Å². The Labute approximate surface area is 176 Å². The quantitative estimate of drug-likeness (QED) is 0.499. The van der Waals surface area contributed by atoms with E-state index in [1.54, 1.807) is 55.7 Å². The lowest BCUT2D eigenvalue weighted by atomic mass is 9.84. The fourth-order valence-electron chi connectivity index (χ4n) is 3.55. The van der Waals surface area contributed by atoms with Crippen molar-refractivity contribution in [3.8, 4) is 0 Å². The summed E-state index contributed by atoms with van der Waals surface area (Å²) < 4.78 is 2.01. The van der Waals surface area contributed by atoms with Gasteiger partial charge in [-0.25, -0.2) is 0 Å². The predicted molar refractivity (Wildman–Crippen MR) is 112 cm³/mol. The fraction of sp³-hybridized carbons (Fsp3) is 0.227. The SMILES string of the molecule is C[C@H](Sc1nncn1C1CC1)C(=O)Nc1ccc2c(c1)C(=O)c1ccccc1C2=O. The average Bonchev–Trinajstić information content (AvgIpc) is 3.50. The molecular weight excluding hydrogens is 400 g/mol. The Morgan fingerprint density at radius 1 is 1.07 bits per heavy atom. The number of fused-ring (bicyclic) bond motifs is 2. The van der Waals surface area contributed by atoms with Gasteiger partial charge in [-0.05, 0) is 38.0 Å². The molecule has 8 heteroatoms. The molecule has 1 N–H and O–H groups in total. The molecule has 2 aliphatic carbocycles. The largest absolute Gasteiger partial charge is 0.325 e. The molecule has 0 aliphatic heterocycles. The first-order valence-corrected chi connectivity index (χ1v) is 10.6. The van der Waals surface area contributed by atoms with Crippen LogP contribution in [0.15, 0.2) is 53.9 Å². The monoisotopic (exact) mass is 418 g/mol. The van der Waals surface area contributed by atoms with Crippen molar-refractivity contribution in [2.75, 3.05) is 5.32 Å². The molecule has 1 amide bonds. The van der Waals surface area contributed by atoms with E-state index < -0.39 is 5.25 Å². The first kappa shape index (κ1) is 18.7. The molecule has 0 spiro atoms. The molecule has 1 saturated carbocycles. The number of aromatic nitrogens is 3. The molecule has 0 bridgehead atoms. The van der Waals surface area contributed by atoms with Crippen molar-refractivity contribution in [3.63, 3.8) is 0 Å². The van der Waals surface area contributed by atoms with Crippen molar-refractivity contribution < 1.29 is 14.4 Å². The second kappa shape index (κ2) is 7.21. The van der Waals surface area contributed by atoms with Crippen molar-refractivity contribution in [2.24, 2.45) is 0 Å². The molecular formula is C22H18N4O3S. The molecule has 1 atom stereocenters. The van der Waals surface area contributed by atoms with Gasteiger partial charge in [0.25, 0.3) is 0 Å². The Hall–Kier alpha value is -3.26. The van der Waals surface area contributed by atoms with Gasteiger partial charge < -0.3 is 9.88 Å². The van der Waals surface area contributed by atoms with Crippen LogP contribution in [0.1, 0.15) is 57.7 Å². The van der Waals surface area contributed by atoms with Crippen molar-refractivity contribution >= 4 is 34.9 Å². The summed E-state index contributed by atoms with van der Waals surface area (Å²) in [6.45, 7) is 1.80. The van der Waals surface area contributed by atoms with E-state index in [2.05, 4.69) is 15.5 Å². The van der Waals surface area contributed by atoms with E-state index in [1.807, 2.05) is 4.57 Å². The average molecular weight is 418 g/mol. The number of nitrogens with zero attached hydrogens (tertiary/aromatic N) is 3. The summed E-state index contributed by atoms with van der Waals surface area (Å²) in [5.74, 6) is -0.599. The summed E-state index contributed by atoms with van der Waals surface area (Å²) >= 11 is 1.35. The minimum absolute atomic E-state index is 0.179. The molecule has 5 rings (SSSR count). The van der Waals surface area contributed by atoms with E-state index in [1.165, 1.54) is 11.8 Å². The number of anilines is 1. The summed E-state index contributed by atoms with van der Waals surface area (Å²) in [6, 6.07) is 12.1. The van der Waals surface area contributed by atoms with Gasteiger partial charge in [0.1, 0.15) is 6.33 Å². The highest BCUT2D eigenvalue weighted by molar-refractivity contribution is 8.00. The minimum atomic E-state index is -0.402. The van der Waals surface area contributed by atoms with Gasteiger partial charge >= 0.3 is 0 Å². The van der Waals surface area contributed by atoms with Gasteiger partial charge in [0.15, 0.2) is 16.7 Å². The van der Waals surface area contributed by atoms with E-state index in [4.69, 9.17) is 0 Å². The number of benzene rings is 2. The lowest BCUT2D eigenvalue weighted by molar-refractivity contribution is -0.115. The van der Waals surface area contributed by atoms with Crippen LogP contribution in [0.5, 0.6) is 0 Å². The minimum Gasteiger partial charge on any atom is -0.325 e. The third kappa shape index (κ3) is 3.23. The van der Waals surface area contributed by atoms with E-state index >= 15 is 0 Å². The lowest BCUT2D eigenvalue weighted by Crippen LogP contribution is -2.24. The van der Waals surface area contributed by atoms with Crippen molar-refractivity contribution in [2.45, 2.75) is 36.2 Å². The number of carbonyl (C=O) groups is 3. The van der Waals surface area contributed by atoms with Crippen molar-refractivity contribution in [1.82, 2.24) is 14.8 Å². The van der Waals surface area contributed by atoms with Crippen LogP contribution in [-0.4, -0.2) is 37.5 Å². The third-order valence-corrected chi connectivity index (χ3v) is 6.40. The van der Waals surface area contributed by atoms with Gasteiger partial charge in [0, 0.05) is 34.0 Å². The number of hydrogen-bond donors (Lipinski definition) is 1. The highest BCUT2D eigenvalue weighted by Gasteiger charge is 2.30. The van der Waals surface area contributed by atoms with Crippen LogP contribution in [0, 0.1) is 0 Å². The molecule has 0 radical (unpaired) electrons. The zero-order chi connectivity index (χ0) is 20.8. The predicted octanol–water partition coefficient (Wildman–Crippen LogP) is 3.51. The molecule has 3 aromatic rings. The van der Waals surface area contributed by atoms with Gasteiger partial charge in [0.2, 0.25) is 5.91 Å². The van der Waals surface area contributed by atoms with Gasteiger partial charge in [-0.2, -0.15) is 0 Å². The fourth-order valence-corrected chi connectivity index (χ4v) is 4.45. The normalized spacial score (nSPS) is 16.0. The number of hydrogen-bond acceptors (Lipinski definition) is 6. The molecule has 30 heavy (non-hydrogen) atoms. The third-order valence-electron chi connectivity index (χ3n) is 5.32. The summed E-state index contributed by atoms with van der Waals surface area (Å²) in [6.07, 6.45) is 3.92. The number of ketones is 2. The molecule has 1 heterocycles. The van der Waals surface area contributed by atoms with Crippen LogP contribution in [0.2, 0.25) is 0 Å². The second-order valence-electron chi connectivity index (χ2n) is 7.47. The molecule has 1 aromatic heterocycles. The molecule has 1 fully saturated rings. The molecule has 0 saturated heterocycles.